The third-order valence-corrected chi connectivity index (χ3v) is 4.05. The van der Waals surface area contributed by atoms with Gasteiger partial charge in [0.15, 0.2) is 0 Å². The number of ether oxygens (including phenoxy) is 1. The summed E-state index contributed by atoms with van der Waals surface area (Å²) < 4.78 is 5.10. The van der Waals surface area contributed by atoms with Gasteiger partial charge in [0.1, 0.15) is 0 Å². The molecule has 1 heterocycles. The second-order valence-electron chi connectivity index (χ2n) is 3.92. The fourth-order valence-electron chi connectivity index (χ4n) is 2.08. The van der Waals surface area contributed by atoms with E-state index in [1.54, 1.807) is 7.11 Å². The molecule has 0 saturated carbocycles. The molecule has 1 aliphatic heterocycles. The molecule has 0 aromatic carbocycles. The van der Waals surface area contributed by atoms with Crippen LogP contribution in [0, 0.1) is 5.92 Å². The summed E-state index contributed by atoms with van der Waals surface area (Å²) in [5, 5.41) is 3.61. The lowest BCUT2D eigenvalue weighted by Gasteiger charge is -2.23. The lowest BCUT2D eigenvalue weighted by Crippen LogP contribution is -2.36. The van der Waals surface area contributed by atoms with E-state index in [-0.39, 0.29) is 0 Å². The zero-order valence-electron chi connectivity index (χ0n) is 9.42. The maximum absolute atomic E-state index is 5.10. The molecule has 3 heteroatoms. The SMILES string of the molecule is CCNC(CCCOC)C1CCSC1. The average Bonchev–Trinajstić information content (AvgIpc) is 2.70. The van der Waals surface area contributed by atoms with Crippen LogP contribution in [0.2, 0.25) is 0 Å². The van der Waals surface area contributed by atoms with Crippen molar-refractivity contribution in [1.29, 1.82) is 0 Å². The molecule has 2 unspecified atom stereocenters. The highest BCUT2D eigenvalue weighted by atomic mass is 32.2. The van der Waals surface area contributed by atoms with E-state index >= 15 is 0 Å². The van der Waals surface area contributed by atoms with E-state index in [9.17, 15) is 0 Å². The van der Waals surface area contributed by atoms with Gasteiger partial charge >= 0.3 is 0 Å². The van der Waals surface area contributed by atoms with Crippen LogP contribution in [-0.4, -0.2) is 37.8 Å². The first-order valence-electron chi connectivity index (χ1n) is 5.68. The third-order valence-electron chi connectivity index (χ3n) is 2.86. The van der Waals surface area contributed by atoms with Gasteiger partial charge in [-0.3, -0.25) is 0 Å². The second kappa shape index (κ2) is 7.55. The summed E-state index contributed by atoms with van der Waals surface area (Å²) in [6.45, 7) is 4.20. The first-order valence-corrected chi connectivity index (χ1v) is 6.84. The Morgan fingerprint density at radius 1 is 1.57 bits per heavy atom. The van der Waals surface area contributed by atoms with Crippen molar-refractivity contribution in [1.82, 2.24) is 5.32 Å². The van der Waals surface area contributed by atoms with Gasteiger partial charge in [-0.05, 0) is 43.2 Å². The molecule has 14 heavy (non-hydrogen) atoms. The topological polar surface area (TPSA) is 21.3 Å². The molecular formula is C11H23NOS. The van der Waals surface area contributed by atoms with Gasteiger partial charge in [-0.1, -0.05) is 6.92 Å². The van der Waals surface area contributed by atoms with Gasteiger partial charge in [0.25, 0.3) is 0 Å². The monoisotopic (exact) mass is 217 g/mol. The first kappa shape index (κ1) is 12.3. The summed E-state index contributed by atoms with van der Waals surface area (Å²) in [5.41, 5.74) is 0. The van der Waals surface area contributed by atoms with Crippen LogP contribution in [0.15, 0.2) is 0 Å². The van der Waals surface area contributed by atoms with Crippen molar-refractivity contribution in [3.63, 3.8) is 0 Å². The summed E-state index contributed by atoms with van der Waals surface area (Å²) in [5.74, 6) is 3.61. The highest BCUT2D eigenvalue weighted by molar-refractivity contribution is 7.99. The quantitative estimate of drug-likeness (QED) is 0.660. The van der Waals surface area contributed by atoms with Gasteiger partial charge in [0.2, 0.25) is 0 Å². The van der Waals surface area contributed by atoms with Crippen LogP contribution in [0.1, 0.15) is 26.2 Å². The maximum atomic E-state index is 5.10. The van der Waals surface area contributed by atoms with Crippen LogP contribution < -0.4 is 5.32 Å². The summed E-state index contributed by atoms with van der Waals surface area (Å²) in [6, 6.07) is 0.727. The molecule has 0 aliphatic carbocycles. The van der Waals surface area contributed by atoms with Crippen LogP contribution in [0.5, 0.6) is 0 Å². The molecule has 0 radical (unpaired) electrons. The fraction of sp³-hybridized carbons (Fsp3) is 1.00. The smallest absolute Gasteiger partial charge is 0.0462 e. The summed E-state index contributed by atoms with van der Waals surface area (Å²) in [4.78, 5) is 0. The fourth-order valence-corrected chi connectivity index (χ4v) is 3.42. The largest absolute Gasteiger partial charge is 0.385 e. The lowest BCUT2D eigenvalue weighted by molar-refractivity contribution is 0.185. The zero-order chi connectivity index (χ0) is 10.2. The predicted octanol–water partition coefficient (Wildman–Crippen LogP) is 2.14. The van der Waals surface area contributed by atoms with E-state index < -0.39 is 0 Å². The summed E-state index contributed by atoms with van der Waals surface area (Å²) in [7, 11) is 1.79. The molecule has 2 atom stereocenters. The van der Waals surface area contributed by atoms with Crippen molar-refractivity contribution in [3.05, 3.63) is 0 Å². The number of rotatable bonds is 7. The Labute approximate surface area is 92.2 Å². The minimum absolute atomic E-state index is 0.727. The Morgan fingerprint density at radius 3 is 3.00 bits per heavy atom. The number of hydrogen-bond acceptors (Lipinski definition) is 3. The number of methoxy groups -OCH3 is 1. The van der Waals surface area contributed by atoms with E-state index in [2.05, 4.69) is 24.0 Å². The molecule has 2 nitrogen and oxygen atoms in total. The van der Waals surface area contributed by atoms with Gasteiger partial charge in [-0.2, -0.15) is 11.8 Å². The Morgan fingerprint density at radius 2 is 2.43 bits per heavy atom. The van der Waals surface area contributed by atoms with E-state index in [4.69, 9.17) is 4.74 Å². The Bertz CT molecular complexity index is 137. The van der Waals surface area contributed by atoms with Gasteiger partial charge in [-0.25, -0.2) is 0 Å². The van der Waals surface area contributed by atoms with Crippen molar-refractivity contribution in [2.24, 2.45) is 5.92 Å². The molecule has 1 aliphatic rings. The number of thioether (sulfide) groups is 1. The van der Waals surface area contributed by atoms with Gasteiger partial charge in [0, 0.05) is 19.8 Å². The van der Waals surface area contributed by atoms with Crippen LogP contribution in [0.3, 0.4) is 0 Å². The molecule has 0 amide bonds. The highest BCUT2D eigenvalue weighted by Gasteiger charge is 2.23. The van der Waals surface area contributed by atoms with Crippen molar-refractivity contribution in [2.75, 3.05) is 31.8 Å². The average molecular weight is 217 g/mol. The summed E-state index contributed by atoms with van der Waals surface area (Å²) in [6.07, 6.45) is 3.86. The normalized spacial score (nSPS) is 24.0. The molecule has 0 bridgehead atoms. The lowest BCUT2D eigenvalue weighted by atomic mass is 9.95. The maximum Gasteiger partial charge on any atom is 0.0462 e. The van der Waals surface area contributed by atoms with Crippen molar-refractivity contribution in [2.45, 2.75) is 32.2 Å². The van der Waals surface area contributed by atoms with Crippen LogP contribution in [-0.2, 0) is 4.74 Å². The molecule has 1 N–H and O–H groups in total. The van der Waals surface area contributed by atoms with Gasteiger partial charge in [-0.15, -0.1) is 0 Å². The molecular weight excluding hydrogens is 194 g/mol. The zero-order valence-corrected chi connectivity index (χ0v) is 10.2. The number of nitrogens with one attached hydrogen (secondary N) is 1. The van der Waals surface area contributed by atoms with Crippen LogP contribution >= 0.6 is 11.8 Å². The molecule has 1 saturated heterocycles. The molecule has 1 rings (SSSR count). The Balaban J connectivity index is 2.22. The first-order chi connectivity index (χ1) is 6.88. The minimum atomic E-state index is 0.727. The standard InChI is InChI=1S/C11H23NOS/c1-3-12-11(5-4-7-13-2)10-6-8-14-9-10/h10-12H,3-9H2,1-2H3. The molecule has 0 spiro atoms. The summed E-state index contributed by atoms with van der Waals surface area (Å²) >= 11 is 2.10. The van der Waals surface area contributed by atoms with Crippen LogP contribution in [0.4, 0.5) is 0 Å². The molecule has 0 aromatic heterocycles. The van der Waals surface area contributed by atoms with E-state index in [0.29, 0.717) is 0 Å². The molecule has 84 valence electrons. The van der Waals surface area contributed by atoms with Gasteiger partial charge < -0.3 is 10.1 Å². The second-order valence-corrected chi connectivity index (χ2v) is 5.07. The van der Waals surface area contributed by atoms with Crippen LogP contribution in [0.25, 0.3) is 0 Å². The van der Waals surface area contributed by atoms with E-state index in [1.165, 1.54) is 30.8 Å². The van der Waals surface area contributed by atoms with Crippen molar-refractivity contribution in [3.8, 4) is 0 Å². The highest BCUT2D eigenvalue weighted by Crippen LogP contribution is 2.27. The van der Waals surface area contributed by atoms with Crippen molar-refractivity contribution < 1.29 is 4.74 Å². The van der Waals surface area contributed by atoms with E-state index in [0.717, 1.165) is 25.1 Å². The minimum Gasteiger partial charge on any atom is -0.385 e. The third kappa shape index (κ3) is 4.20. The van der Waals surface area contributed by atoms with Crippen molar-refractivity contribution >= 4 is 11.8 Å². The Hall–Kier alpha value is 0.270. The van der Waals surface area contributed by atoms with E-state index in [1.807, 2.05) is 0 Å². The molecule has 1 fully saturated rings. The Kier molecular flexibility index (Phi) is 6.65. The molecule has 0 aromatic rings. The number of hydrogen-bond donors (Lipinski definition) is 1. The predicted molar refractivity (Wildman–Crippen MR) is 64.0 cm³/mol. The van der Waals surface area contributed by atoms with Gasteiger partial charge in [0.05, 0.1) is 0 Å².